The van der Waals surface area contributed by atoms with Gasteiger partial charge in [0.15, 0.2) is 16.9 Å². The number of nitrogens with one attached hydrogen (secondary N) is 3. The lowest BCUT2D eigenvalue weighted by Gasteiger charge is -2.15. The number of furan rings is 1. The molecule has 23 nitrogen and oxygen atoms in total. The predicted octanol–water partition coefficient (Wildman–Crippen LogP) is 16.5. The van der Waals surface area contributed by atoms with Crippen LogP contribution in [0.1, 0.15) is 49.9 Å². The Hall–Kier alpha value is -12.4. The Kier molecular flexibility index (Phi) is 21.5. The fourth-order valence-corrected chi connectivity index (χ4v) is 14.5. The summed E-state index contributed by atoms with van der Waals surface area (Å²) in [5, 5.41) is 33.1. The summed E-state index contributed by atoms with van der Waals surface area (Å²) in [6, 6.07) is 73.0. The first-order valence-corrected chi connectivity index (χ1v) is 37.7. The van der Waals surface area contributed by atoms with Crippen molar-refractivity contribution in [2.75, 3.05) is 94.7 Å². The summed E-state index contributed by atoms with van der Waals surface area (Å²) in [6.45, 7) is 16.4. The van der Waals surface area contributed by atoms with Crippen LogP contribution in [0.15, 0.2) is 235 Å². The molecular formula is C86H89N19O4. The fraction of sp³-hybridized carbons (Fsp3) is 0.256. The van der Waals surface area contributed by atoms with Crippen LogP contribution in [0.3, 0.4) is 0 Å². The average molecular weight is 1450 g/mol. The second-order valence-electron chi connectivity index (χ2n) is 27.7. The van der Waals surface area contributed by atoms with Crippen LogP contribution in [0, 0.1) is 13.8 Å². The fourth-order valence-electron chi connectivity index (χ4n) is 14.5. The van der Waals surface area contributed by atoms with E-state index in [0.29, 0.717) is 37.7 Å². The van der Waals surface area contributed by atoms with Crippen LogP contribution in [0.4, 0.5) is 34.9 Å². The molecule has 6 aromatic carbocycles. The maximum atomic E-state index is 5.93. The molecule has 0 bridgehead atoms. The van der Waals surface area contributed by atoms with Crippen molar-refractivity contribution in [3.05, 3.63) is 242 Å². The van der Waals surface area contributed by atoms with E-state index in [2.05, 4.69) is 137 Å². The summed E-state index contributed by atoms with van der Waals surface area (Å²) in [5.74, 6) is 5.10. The van der Waals surface area contributed by atoms with Crippen molar-refractivity contribution < 1.29 is 18.6 Å². The maximum Gasteiger partial charge on any atom is 0.247 e. The number of hydrogen-bond acceptors (Lipinski definition) is 18. The molecule has 23 heteroatoms. The van der Waals surface area contributed by atoms with Crippen LogP contribution >= 0.6 is 0 Å². The Morgan fingerprint density at radius 3 is 1.10 bits per heavy atom. The Labute approximate surface area is 633 Å². The molecule has 3 N–H and O–H groups in total. The van der Waals surface area contributed by atoms with Gasteiger partial charge in [0, 0.05) is 96.1 Å². The van der Waals surface area contributed by atoms with Gasteiger partial charge in [-0.1, -0.05) is 72.8 Å². The van der Waals surface area contributed by atoms with E-state index in [1.165, 1.54) is 83.4 Å². The van der Waals surface area contributed by atoms with E-state index in [4.69, 9.17) is 38.9 Å². The maximum absolute atomic E-state index is 5.93. The van der Waals surface area contributed by atoms with E-state index in [1.807, 2.05) is 189 Å². The third kappa shape index (κ3) is 17.0. The molecule has 0 atom stereocenters. The molecule has 0 unspecified atom stereocenters. The minimum absolute atomic E-state index is 0.544. The lowest BCUT2D eigenvalue weighted by atomic mass is 10.00. The topological polar surface area (TPSA) is 213 Å². The van der Waals surface area contributed by atoms with Gasteiger partial charge in [0.25, 0.3) is 0 Å². The van der Waals surface area contributed by atoms with Gasteiger partial charge in [-0.3, -0.25) is 24.1 Å². The Morgan fingerprint density at radius 1 is 0.367 bits per heavy atom. The van der Waals surface area contributed by atoms with E-state index in [1.54, 1.807) is 6.26 Å². The summed E-state index contributed by atoms with van der Waals surface area (Å²) >= 11 is 0. The monoisotopic (exact) mass is 1450 g/mol. The molecule has 3 aliphatic rings. The molecule has 15 aromatic rings. The zero-order valence-electron chi connectivity index (χ0n) is 62.0. The molecule has 552 valence electrons. The van der Waals surface area contributed by atoms with Crippen molar-refractivity contribution in [3.8, 4) is 84.7 Å². The van der Waals surface area contributed by atoms with Gasteiger partial charge in [-0.05, 0) is 243 Å². The Balaban J connectivity index is 0.000000125. The number of likely N-dealkylation sites (tertiary alicyclic amines) is 3. The number of benzene rings is 6. The van der Waals surface area contributed by atoms with Crippen molar-refractivity contribution >= 4 is 51.8 Å². The largest absolute Gasteiger partial charge is 0.492 e. The summed E-state index contributed by atoms with van der Waals surface area (Å²) in [4.78, 5) is 21.4. The van der Waals surface area contributed by atoms with Gasteiger partial charge >= 0.3 is 0 Å². The number of anilines is 6. The van der Waals surface area contributed by atoms with Gasteiger partial charge in [-0.25, -0.2) is 13.5 Å². The van der Waals surface area contributed by atoms with Gasteiger partial charge in [0.2, 0.25) is 17.8 Å². The molecule has 0 aliphatic carbocycles. The van der Waals surface area contributed by atoms with Gasteiger partial charge in [-0.15, -0.1) is 15.3 Å². The van der Waals surface area contributed by atoms with Crippen molar-refractivity contribution in [3.63, 3.8) is 0 Å². The Bertz CT molecular complexity index is 5510. The summed E-state index contributed by atoms with van der Waals surface area (Å²) in [7, 11) is 3.93. The third-order valence-corrected chi connectivity index (χ3v) is 20.2. The molecule has 0 saturated carbocycles. The van der Waals surface area contributed by atoms with E-state index < -0.39 is 0 Å². The molecule has 109 heavy (non-hydrogen) atoms. The zero-order valence-corrected chi connectivity index (χ0v) is 62.0. The number of fused-ring (bicyclic) bond motifs is 3. The van der Waals surface area contributed by atoms with Crippen LogP contribution in [0.25, 0.3) is 84.4 Å². The number of pyridine rings is 3. The Morgan fingerprint density at radius 2 is 0.734 bits per heavy atom. The summed E-state index contributed by atoms with van der Waals surface area (Å²) < 4.78 is 32.8. The second-order valence-corrected chi connectivity index (χ2v) is 27.7. The van der Waals surface area contributed by atoms with Crippen LogP contribution in [-0.2, 0) is 14.1 Å². The minimum atomic E-state index is 0.544. The molecule has 0 spiro atoms. The predicted molar refractivity (Wildman–Crippen MR) is 430 cm³/mol. The smallest absolute Gasteiger partial charge is 0.247 e. The van der Waals surface area contributed by atoms with Gasteiger partial charge in [0.05, 0.1) is 34.7 Å². The highest BCUT2D eigenvalue weighted by Gasteiger charge is 2.19. The van der Waals surface area contributed by atoms with Crippen molar-refractivity contribution in [1.29, 1.82) is 0 Å². The molecule has 9 aromatic heterocycles. The van der Waals surface area contributed by atoms with E-state index >= 15 is 0 Å². The first-order chi connectivity index (χ1) is 53.6. The average Bonchev–Trinajstić information content (AvgIpc) is 1.72. The quantitative estimate of drug-likeness (QED) is 0.0513. The first kappa shape index (κ1) is 70.8. The highest BCUT2D eigenvalue weighted by molar-refractivity contribution is 5.77. The van der Waals surface area contributed by atoms with Crippen LogP contribution in [0.5, 0.6) is 17.2 Å². The van der Waals surface area contributed by atoms with Crippen molar-refractivity contribution in [2.45, 2.75) is 52.4 Å². The van der Waals surface area contributed by atoms with E-state index in [-0.39, 0.29) is 0 Å². The van der Waals surface area contributed by atoms with Crippen molar-refractivity contribution in [2.24, 2.45) is 14.1 Å². The summed E-state index contributed by atoms with van der Waals surface area (Å²) in [6.07, 6.45) is 11.3. The van der Waals surface area contributed by atoms with Gasteiger partial charge < -0.3 is 34.6 Å². The molecule has 3 fully saturated rings. The number of nitrogens with zero attached hydrogens (tertiary/aromatic N) is 16. The number of aryl methyl sites for hydroxylation is 3. The molecule has 3 saturated heterocycles. The highest BCUT2D eigenvalue weighted by Crippen LogP contribution is 2.34. The van der Waals surface area contributed by atoms with Crippen LogP contribution < -0.4 is 30.2 Å². The van der Waals surface area contributed by atoms with Gasteiger partial charge in [0.1, 0.15) is 42.8 Å². The van der Waals surface area contributed by atoms with Crippen molar-refractivity contribution in [1.82, 2.24) is 78.1 Å². The normalized spacial score (nSPS) is 13.9. The standard InChI is InChI=1S/C30H33N7O.C28H29N7O.C28H27N5O2/c1-21-29(22(2)35(3)33-21)24-9-6-8-23(20-24)27-10-7-11-28-32-30(34-37(27)28)31-25-12-14-26(15-13-25)38-19-18-36-16-4-5-17-36;1-33-25(14-15-29-33)21-6-4-7-22(20-21)26-8-5-9-27-31-28(32-35(26)27)30-23-10-12-24(13-11-23)36-19-18-34-16-2-3-17-34;1-2-16-32(15-1)17-19-34-24-13-11-23(12-14-24)29-28-30-27-10-4-8-25(33(27)31-28)21-6-3-7-22(20-21)26-9-5-18-35-26/h6-15,20H,4-5,16-19H2,1-3H3,(H,31,34);4-15,20H,2-3,16-19H2,1H3,(H,30,32);3-14,18,20H,1-2,15-17,19H2,(H,29,31). The molecular weight excluding hydrogens is 1360 g/mol. The van der Waals surface area contributed by atoms with Gasteiger partial charge in [-0.2, -0.15) is 25.1 Å². The SMILES string of the molecule is Cc1nn(C)c(C)c1-c1cccc(-c2cccc3nc(Nc4ccc(OCCN5CCCC5)cc4)nn23)c1.Cn1nccc1-c1cccc(-c2cccc3nc(Nc4ccc(OCCN5CCCC5)cc4)nn23)c1.c1cc(-c2ccco2)cc(-c2cccc3nc(Nc4ccc(OCCN5CCCC5)cc4)nn23)c1. The second kappa shape index (κ2) is 33.1. The van der Waals surface area contributed by atoms with Crippen LogP contribution in [-0.4, -0.2) is 157 Å². The molecule has 0 amide bonds. The highest BCUT2D eigenvalue weighted by atomic mass is 16.5. The number of ether oxygens (including phenoxy) is 3. The molecule has 12 heterocycles. The van der Waals surface area contributed by atoms with E-state index in [0.717, 1.165) is 144 Å². The molecule has 3 aliphatic heterocycles. The minimum Gasteiger partial charge on any atom is -0.492 e. The number of hydrogen-bond donors (Lipinski definition) is 3. The van der Waals surface area contributed by atoms with E-state index in [9.17, 15) is 0 Å². The lowest BCUT2D eigenvalue weighted by molar-refractivity contribution is 0.237. The lowest BCUT2D eigenvalue weighted by Crippen LogP contribution is -2.25. The number of aromatic nitrogens is 13. The first-order valence-electron chi connectivity index (χ1n) is 37.7. The third-order valence-electron chi connectivity index (χ3n) is 20.2. The summed E-state index contributed by atoms with van der Waals surface area (Å²) in [5.41, 5.74) is 18.8. The van der Waals surface area contributed by atoms with Crippen LogP contribution in [0.2, 0.25) is 0 Å². The zero-order chi connectivity index (χ0) is 73.8. The molecule has 0 radical (unpaired) electrons. The number of rotatable bonds is 24. The molecule has 18 rings (SSSR count).